The van der Waals surface area contributed by atoms with Crippen LogP contribution >= 0.6 is 23.5 Å². The number of benzene rings is 7. The van der Waals surface area contributed by atoms with Crippen LogP contribution in [0.5, 0.6) is 0 Å². The molecule has 338 valence electrons. The zero-order chi connectivity index (χ0) is 46.0. The minimum atomic E-state index is -4.60. The van der Waals surface area contributed by atoms with Crippen molar-refractivity contribution in [1.82, 2.24) is 4.58 Å². The van der Waals surface area contributed by atoms with E-state index in [0.717, 1.165) is 56.2 Å². The Labute approximate surface area is 397 Å². The van der Waals surface area contributed by atoms with Crippen molar-refractivity contribution in [3.8, 4) is 22.5 Å². The first-order valence-electron chi connectivity index (χ1n) is 22.2. The van der Waals surface area contributed by atoms with Crippen LogP contribution in [-0.4, -0.2) is 64.0 Å². The first-order valence-corrected chi connectivity index (χ1v) is 25.6. The van der Waals surface area contributed by atoms with E-state index >= 15 is 0 Å². The molecule has 0 radical (unpaired) electrons. The maximum Gasteiger partial charge on any atom is 0.295 e. The third kappa shape index (κ3) is 11.1. The summed E-state index contributed by atoms with van der Waals surface area (Å²) in [6.45, 7) is 11.9. The standard InChI is InChI=1S/C55H54N2O6S3/c1-39-15-13-16-40(2)54(39)56(29-31-61-33-35-64-45-19-7-5-8-20-45)43-25-27-47-50(37-43)63-51-38-44(26-28-48(51)53(47)49-23-11-12-24-52(49)66(58,59)60)57(55-41(3)17-14-18-42(55)4)30-32-62-34-36-65-46-21-9-6-10-22-46/h5-28,37-38H,29-36H2,1-4H3/p+1. The molecule has 1 aliphatic carbocycles. The molecule has 11 heteroatoms. The lowest BCUT2D eigenvalue weighted by molar-refractivity contribution is 0.151. The third-order valence-electron chi connectivity index (χ3n) is 11.6. The number of anilines is 2. The highest BCUT2D eigenvalue weighted by Gasteiger charge is 2.26. The quantitative estimate of drug-likeness (QED) is 0.0280. The van der Waals surface area contributed by atoms with Gasteiger partial charge in [-0.25, -0.2) is 0 Å². The summed E-state index contributed by atoms with van der Waals surface area (Å²) in [6.07, 6.45) is 0. The highest BCUT2D eigenvalue weighted by molar-refractivity contribution is 7.99. The van der Waals surface area contributed by atoms with Gasteiger partial charge >= 0.3 is 0 Å². The smallest absolute Gasteiger partial charge is 0.295 e. The molecule has 0 fully saturated rings. The minimum absolute atomic E-state index is 0.175. The van der Waals surface area contributed by atoms with E-state index in [-0.39, 0.29) is 4.90 Å². The Kier molecular flexibility index (Phi) is 15.4. The fourth-order valence-electron chi connectivity index (χ4n) is 8.58. The lowest BCUT2D eigenvalue weighted by Gasteiger charge is -2.29. The number of hydrogen-bond donors (Lipinski definition) is 1. The van der Waals surface area contributed by atoms with E-state index in [0.29, 0.717) is 72.9 Å². The summed E-state index contributed by atoms with van der Waals surface area (Å²) in [5.74, 6) is 2.24. The van der Waals surface area contributed by atoms with Crippen LogP contribution in [0.3, 0.4) is 0 Å². The van der Waals surface area contributed by atoms with Crippen LogP contribution in [0.2, 0.25) is 0 Å². The first-order chi connectivity index (χ1) is 32.1. The molecule has 1 aliphatic heterocycles. The van der Waals surface area contributed by atoms with Crippen LogP contribution in [0.4, 0.5) is 17.1 Å². The summed E-state index contributed by atoms with van der Waals surface area (Å²) in [5.41, 5.74) is 9.88. The number of nitrogens with zero attached hydrogens (tertiary/aromatic N) is 2. The van der Waals surface area contributed by atoms with E-state index in [9.17, 15) is 13.0 Å². The summed E-state index contributed by atoms with van der Waals surface area (Å²) in [5, 5.41) is 1.61. The molecule has 0 bridgehead atoms. The number of thioether (sulfide) groups is 2. The average Bonchev–Trinajstić information content (AvgIpc) is 3.31. The van der Waals surface area contributed by atoms with Crippen molar-refractivity contribution in [2.24, 2.45) is 0 Å². The van der Waals surface area contributed by atoms with Gasteiger partial charge in [0.2, 0.25) is 11.0 Å². The number of fused-ring (bicyclic) bond motifs is 2. The lowest BCUT2D eigenvalue weighted by atomic mass is 9.93. The third-order valence-corrected chi connectivity index (χ3v) is 14.4. The molecule has 0 unspecified atom stereocenters. The summed E-state index contributed by atoms with van der Waals surface area (Å²) in [7, 11) is -4.60. The highest BCUT2D eigenvalue weighted by atomic mass is 32.2. The molecule has 6 aromatic carbocycles. The van der Waals surface area contributed by atoms with Crippen molar-refractivity contribution >= 4 is 61.7 Å². The van der Waals surface area contributed by atoms with E-state index in [1.807, 2.05) is 60.7 Å². The molecule has 1 heterocycles. The van der Waals surface area contributed by atoms with E-state index in [1.54, 1.807) is 41.7 Å². The van der Waals surface area contributed by atoms with Crippen molar-refractivity contribution < 1.29 is 26.9 Å². The second kappa shape index (κ2) is 21.8. The molecule has 0 atom stereocenters. The Morgan fingerprint density at radius 2 is 1.20 bits per heavy atom. The van der Waals surface area contributed by atoms with Crippen LogP contribution < -0.4 is 14.8 Å². The molecular weight excluding hydrogens is 881 g/mol. The molecule has 0 spiro atoms. The fraction of sp³-hybridized carbons (Fsp3) is 0.218. The molecule has 66 heavy (non-hydrogen) atoms. The highest BCUT2D eigenvalue weighted by Crippen LogP contribution is 2.44. The lowest BCUT2D eigenvalue weighted by Crippen LogP contribution is -2.30. The predicted octanol–water partition coefficient (Wildman–Crippen LogP) is 12.5. The Bertz CT molecular complexity index is 3040. The maximum atomic E-state index is 13.0. The van der Waals surface area contributed by atoms with Gasteiger partial charge in [-0.2, -0.15) is 13.0 Å². The zero-order valence-corrected chi connectivity index (χ0v) is 40.2. The molecule has 1 N–H and O–H groups in total. The Hall–Kier alpha value is -5.66. The molecule has 6 aromatic rings. The number of para-hydroxylation sites is 2. The van der Waals surface area contributed by atoms with Gasteiger partial charge in [0, 0.05) is 84.6 Å². The monoisotopic (exact) mass is 935 g/mol. The molecular formula is C55H55N2O6S3+. The summed E-state index contributed by atoms with van der Waals surface area (Å²) < 4.78 is 58.3. The van der Waals surface area contributed by atoms with Gasteiger partial charge in [-0.05, 0) is 87.4 Å². The van der Waals surface area contributed by atoms with Gasteiger partial charge in [0.05, 0.1) is 25.9 Å². The molecule has 8 nitrogen and oxygen atoms in total. The summed E-state index contributed by atoms with van der Waals surface area (Å²) in [4.78, 5) is 4.53. The Morgan fingerprint density at radius 1 is 0.606 bits per heavy atom. The van der Waals surface area contributed by atoms with E-state index in [4.69, 9.17) is 13.9 Å². The molecule has 0 saturated carbocycles. The largest absolute Gasteiger partial charge is 0.456 e. The topological polar surface area (TPSA) is 92.2 Å². The average molecular weight is 936 g/mol. The molecule has 0 amide bonds. The second-order valence-electron chi connectivity index (χ2n) is 16.1. The second-order valence-corrected chi connectivity index (χ2v) is 19.9. The molecule has 2 aliphatic rings. The van der Waals surface area contributed by atoms with E-state index in [2.05, 4.69) is 110 Å². The van der Waals surface area contributed by atoms with Gasteiger partial charge in [-0.1, -0.05) is 91.0 Å². The fourth-order valence-corrected chi connectivity index (χ4v) is 10.9. The summed E-state index contributed by atoms with van der Waals surface area (Å²) >= 11 is 3.55. The molecule has 0 aromatic heterocycles. The van der Waals surface area contributed by atoms with Crippen molar-refractivity contribution in [3.05, 3.63) is 185 Å². The molecule has 0 saturated heterocycles. The van der Waals surface area contributed by atoms with Crippen LogP contribution in [0.1, 0.15) is 22.3 Å². The van der Waals surface area contributed by atoms with Gasteiger partial charge in [0.25, 0.3) is 10.1 Å². The van der Waals surface area contributed by atoms with Crippen LogP contribution in [-0.2, 0) is 19.6 Å². The molecule has 8 rings (SSSR count). The van der Waals surface area contributed by atoms with Gasteiger partial charge in [-0.3, -0.25) is 4.55 Å². The number of rotatable bonds is 19. The first kappa shape index (κ1) is 46.9. The van der Waals surface area contributed by atoms with Crippen LogP contribution in [0, 0.1) is 27.7 Å². The predicted molar refractivity (Wildman–Crippen MR) is 273 cm³/mol. The SMILES string of the molecule is Cc1cccc(C)c1N(CCOCCSc1ccccc1)c1ccc2c(-c3ccccc3S(=O)(=O)O)c3ccc(=[N+](CCOCCSc4ccccc4)c4c(C)cccc4C)cc-3oc2c1. The number of aryl methyl sites for hydroxylation is 4. The maximum absolute atomic E-state index is 13.0. The van der Waals surface area contributed by atoms with Crippen LogP contribution in [0.15, 0.2) is 177 Å². The Morgan fingerprint density at radius 3 is 1.83 bits per heavy atom. The summed E-state index contributed by atoms with van der Waals surface area (Å²) in [6, 6.07) is 52.0. The normalized spacial score (nSPS) is 12.2. The van der Waals surface area contributed by atoms with Gasteiger partial charge in [0.15, 0.2) is 6.54 Å². The van der Waals surface area contributed by atoms with E-state index < -0.39 is 10.1 Å². The Balaban J connectivity index is 1.22. The number of ether oxygens (including phenoxy) is 2. The zero-order valence-electron chi connectivity index (χ0n) is 37.8. The van der Waals surface area contributed by atoms with E-state index in [1.165, 1.54) is 15.9 Å². The van der Waals surface area contributed by atoms with Gasteiger partial charge in [0.1, 0.15) is 22.8 Å². The van der Waals surface area contributed by atoms with Crippen molar-refractivity contribution in [2.45, 2.75) is 42.4 Å². The van der Waals surface area contributed by atoms with Crippen molar-refractivity contribution in [3.63, 3.8) is 0 Å². The minimum Gasteiger partial charge on any atom is -0.456 e. The van der Waals surface area contributed by atoms with Crippen LogP contribution in [0.25, 0.3) is 33.4 Å². The van der Waals surface area contributed by atoms with Crippen molar-refractivity contribution in [2.75, 3.05) is 55.9 Å². The number of hydrogen-bond acceptors (Lipinski definition) is 8. The van der Waals surface area contributed by atoms with Crippen molar-refractivity contribution in [1.29, 1.82) is 0 Å². The van der Waals surface area contributed by atoms with Gasteiger partial charge in [-0.15, -0.1) is 23.5 Å². The van der Waals surface area contributed by atoms with Gasteiger partial charge < -0.3 is 18.8 Å².